The number of hydrogen-bond donors (Lipinski definition) is 0. The van der Waals surface area contributed by atoms with Crippen molar-refractivity contribution in [2.45, 2.75) is 59.9 Å². The lowest BCUT2D eigenvalue weighted by Crippen LogP contribution is -2.55. The maximum atomic E-state index is 14.4. The minimum Gasteiger partial charge on any atom is -0.496 e. The number of para-hydroxylation sites is 1. The van der Waals surface area contributed by atoms with Crippen molar-refractivity contribution in [3.63, 3.8) is 0 Å². The van der Waals surface area contributed by atoms with Gasteiger partial charge in [-0.1, -0.05) is 55.3 Å². The number of rotatable bonds is 8. The van der Waals surface area contributed by atoms with Gasteiger partial charge in [0.1, 0.15) is 16.3 Å². The van der Waals surface area contributed by atoms with E-state index in [2.05, 4.69) is 0 Å². The van der Waals surface area contributed by atoms with E-state index in [9.17, 15) is 39.2 Å². The molecule has 1 saturated carbocycles. The van der Waals surface area contributed by atoms with E-state index in [4.69, 9.17) is 9.47 Å². The van der Waals surface area contributed by atoms with Gasteiger partial charge in [-0.05, 0) is 48.7 Å². The van der Waals surface area contributed by atoms with E-state index in [0.29, 0.717) is 25.0 Å². The molecule has 0 saturated heterocycles. The van der Waals surface area contributed by atoms with E-state index in [-0.39, 0.29) is 34.6 Å². The summed E-state index contributed by atoms with van der Waals surface area (Å²) in [6.45, 7) is -1.08. The van der Waals surface area contributed by atoms with Crippen molar-refractivity contribution >= 4 is 9.84 Å². The Balaban J connectivity index is 1.80. The Labute approximate surface area is 226 Å². The SMILES string of the molecule is COc1ccccc1COC(c1ccc(C2(S(=O)(=O)c3ccc(F)cc3)CCCC2)cc1)(C(F)(F)F)C(F)(F)F. The number of hydrogen-bond acceptors (Lipinski definition) is 4. The van der Waals surface area contributed by atoms with Gasteiger partial charge in [0, 0.05) is 11.1 Å². The zero-order valence-corrected chi connectivity index (χ0v) is 22.0. The Kier molecular flexibility index (Phi) is 7.98. The minimum absolute atomic E-state index is 0.0326. The smallest absolute Gasteiger partial charge is 0.430 e. The predicted molar refractivity (Wildman–Crippen MR) is 132 cm³/mol. The molecule has 0 aliphatic heterocycles. The Morgan fingerprint density at radius 1 is 0.800 bits per heavy atom. The van der Waals surface area contributed by atoms with Crippen LogP contribution in [0.25, 0.3) is 0 Å². The van der Waals surface area contributed by atoms with Gasteiger partial charge in [0.15, 0.2) is 9.84 Å². The standard InChI is InChI=1S/C28H25F7O4S/c1-38-24-7-3-2-6-19(24)18-39-26(27(30,31)32,28(33,34)35)21-10-8-20(9-11-21)25(16-4-5-17-25)40(36,37)23-14-12-22(29)13-15-23/h2-3,6-15H,4-5,16-18H2,1H3. The number of methoxy groups -OCH3 is 1. The lowest BCUT2D eigenvalue weighted by Gasteiger charge is -2.38. The molecular formula is C28H25F7O4S. The van der Waals surface area contributed by atoms with E-state index in [1.165, 1.54) is 31.4 Å². The number of benzene rings is 3. The third-order valence-electron chi connectivity index (χ3n) is 7.30. The highest BCUT2D eigenvalue weighted by molar-refractivity contribution is 7.92. The van der Waals surface area contributed by atoms with Crippen LogP contribution in [0.3, 0.4) is 0 Å². The van der Waals surface area contributed by atoms with E-state index < -0.39 is 50.5 Å². The van der Waals surface area contributed by atoms with Gasteiger partial charge in [-0.2, -0.15) is 26.3 Å². The monoisotopic (exact) mass is 590 g/mol. The molecule has 0 bridgehead atoms. The van der Waals surface area contributed by atoms with Crippen LogP contribution >= 0.6 is 0 Å². The average Bonchev–Trinajstić information content (AvgIpc) is 3.40. The summed E-state index contributed by atoms with van der Waals surface area (Å²) >= 11 is 0. The zero-order valence-electron chi connectivity index (χ0n) is 21.2. The van der Waals surface area contributed by atoms with Crippen molar-refractivity contribution in [1.82, 2.24) is 0 Å². The predicted octanol–water partition coefficient (Wildman–Crippen LogP) is 7.61. The lowest BCUT2D eigenvalue weighted by molar-refractivity contribution is -0.392. The molecule has 216 valence electrons. The quantitative estimate of drug-likeness (QED) is 0.200. The number of sulfone groups is 1. The van der Waals surface area contributed by atoms with E-state index in [0.717, 1.165) is 36.4 Å². The summed E-state index contributed by atoms with van der Waals surface area (Å²) in [4.78, 5) is -0.194. The second-order valence-electron chi connectivity index (χ2n) is 9.51. The third kappa shape index (κ3) is 4.96. The van der Waals surface area contributed by atoms with Crippen molar-refractivity contribution in [2.75, 3.05) is 7.11 Å². The van der Waals surface area contributed by atoms with Crippen LogP contribution in [-0.4, -0.2) is 27.9 Å². The molecular weight excluding hydrogens is 565 g/mol. The molecule has 1 aliphatic carbocycles. The summed E-state index contributed by atoms with van der Waals surface area (Å²) in [5.74, 6) is -0.613. The van der Waals surface area contributed by atoms with Crippen LogP contribution in [0.2, 0.25) is 0 Å². The highest BCUT2D eigenvalue weighted by Gasteiger charge is 2.73. The van der Waals surface area contributed by atoms with E-state index in [1.54, 1.807) is 0 Å². The van der Waals surface area contributed by atoms with Crippen LogP contribution in [0.4, 0.5) is 30.7 Å². The molecule has 1 fully saturated rings. The van der Waals surface area contributed by atoms with Gasteiger partial charge < -0.3 is 9.47 Å². The Bertz CT molecular complexity index is 1410. The summed E-state index contributed by atoms with van der Waals surface area (Å²) in [6, 6.07) is 12.9. The second kappa shape index (κ2) is 10.7. The van der Waals surface area contributed by atoms with Crippen LogP contribution in [0.15, 0.2) is 77.7 Å². The summed E-state index contributed by atoms with van der Waals surface area (Å²) in [5, 5.41) is 0. The van der Waals surface area contributed by atoms with E-state index in [1.807, 2.05) is 0 Å². The minimum atomic E-state index is -5.93. The molecule has 3 aromatic rings. The van der Waals surface area contributed by atoms with Gasteiger partial charge in [-0.15, -0.1) is 0 Å². The molecule has 0 spiro atoms. The summed E-state index contributed by atoms with van der Waals surface area (Å²) in [6.07, 6.45) is -10.7. The fourth-order valence-corrected chi connectivity index (χ4v) is 7.47. The van der Waals surface area contributed by atoms with Gasteiger partial charge in [-0.25, -0.2) is 12.8 Å². The molecule has 0 aromatic heterocycles. The van der Waals surface area contributed by atoms with Gasteiger partial charge in [-0.3, -0.25) is 0 Å². The fraction of sp³-hybridized carbons (Fsp3) is 0.357. The first-order valence-corrected chi connectivity index (χ1v) is 13.7. The van der Waals surface area contributed by atoms with Crippen molar-refractivity contribution in [3.05, 3.63) is 95.3 Å². The number of halogens is 7. The van der Waals surface area contributed by atoms with Crippen LogP contribution in [0.1, 0.15) is 42.4 Å². The number of alkyl halides is 6. The van der Waals surface area contributed by atoms with Crippen LogP contribution < -0.4 is 4.74 Å². The largest absolute Gasteiger partial charge is 0.496 e. The van der Waals surface area contributed by atoms with Crippen molar-refractivity contribution in [2.24, 2.45) is 0 Å². The summed E-state index contributed by atoms with van der Waals surface area (Å²) in [5.41, 5.74) is -5.95. The lowest BCUT2D eigenvalue weighted by atomic mass is 9.88. The molecule has 40 heavy (non-hydrogen) atoms. The van der Waals surface area contributed by atoms with Gasteiger partial charge in [0.05, 0.1) is 18.6 Å². The molecule has 0 heterocycles. The zero-order chi connectivity index (χ0) is 29.4. The molecule has 3 aromatic carbocycles. The van der Waals surface area contributed by atoms with Crippen LogP contribution in [-0.2, 0) is 31.5 Å². The van der Waals surface area contributed by atoms with Gasteiger partial charge in [0.2, 0.25) is 0 Å². The molecule has 4 nitrogen and oxygen atoms in total. The Morgan fingerprint density at radius 2 is 1.35 bits per heavy atom. The first-order chi connectivity index (χ1) is 18.7. The van der Waals surface area contributed by atoms with Gasteiger partial charge in [0.25, 0.3) is 5.60 Å². The fourth-order valence-electron chi connectivity index (χ4n) is 5.25. The van der Waals surface area contributed by atoms with E-state index >= 15 is 0 Å². The topological polar surface area (TPSA) is 52.6 Å². The molecule has 0 unspecified atom stereocenters. The van der Waals surface area contributed by atoms with Crippen molar-refractivity contribution in [1.29, 1.82) is 0 Å². The van der Waals surface area contributed by atoms with Gasteiger partial charge >= 0.3 is 12.4 Å². The summed E-state index contributed by atoms with van der Waals surface area (Å²) in [7, 11) is -2.97. The average molecular weight is 591 g/mol. The Hall–Kier alpha value is -3.12. The van der Waals surface area contributed by atoms with Crippen LogP contribution in [0.5, 0.6) is 5.75 Å². The molecule has 1 aliphatic rings. The molecule has 12 heteroatoms. The highest BCUT2D eigenvalue weighted by Crippen LogP contribution is 2.54. The highest BCUT2D eigenvalue weighted by atomic mass is 32.2. The number of ether oxygens (including phenoxy) is 2. The molecule has 0 radical (unpaired) electrons. The van der Waals surface area contributed by atoms with Crippen molar-refractivity contribution < 1.29 is 48.6 Å². The Morgan fingerprint density at radius 3 is 1.88 bits per heavy atom. The third-order valence-corrected chi connectivity index (χ3v) is 9.87. The maximum absolute atomic E-state index is 14.4. The maximum Gasteiger partial charge on any atom is 0.430 e. The first-order valence-electron chi connectivity index (χ1n) is 12.2. The normalized spacial score (nSPS) is 16.2. The van der Waals surface area contributed by atoms with Crippen LogP contribution in [0, 0.1) is 5.82 Å². The molecule has 0 atom stereocenters. The molecule has 4 rings (SSSR count). The second-order valence-corrected chi connectivity index (χ2v) is 11.8. The molecule has 0 N–H and O–H groups in total. The van der Waals surface area contributed by atoms with Crippen molar-refractivity contribution in [3.8, 4) is 5.75 Å². The molecule has 0 amide bonds. The first kappa shape index (κ1) is 29.9. The summed E-state index contributed by atoms with van der Waals surface area (Å²) < 4.78 is 135.